The number of nitrogens with zero attached hydrogens (tertiary/aromatic N) is 2. The van der Waals surface area contributed by atoms with Crippen LogP contribution in [0.3, 0.4) is 0 Å². The van der Waals surface area contributed by atoms with Gasteiger partial charge in [0.05, 0.1) is 21.3 Å². The third-order valence-corrected chi connectivity index (χ3v) is 5.78. The van der Waals surface area contributed by atoms with Crippen LogP contribution in [0.1, 0.15) is 35.9 Å². The fourth-order valence-electron chi connectivity index (χ4n) is 3.16. The molecule has 1 aromatic heterocycles. The second-order valence-corrected chi connectivity index (χ2v) is 8.09. The Morgan fingerprint density at radius 2 is 1.81 bits per heavy atom. The van der Waals surface area contributed by atoms with E-state index in [1.165, 1.54) is 10.3 Å². The first-order valence-electron chi connectivity index (χ1n) is 9.46. The van der Waals surface area contributed by atoms with Crippen LogP contribution in [-0.2, 0) is 11.2 Å². The summed E-state index contributed by atoms with van der Waals surface area (Å²) in [6.45, 7) is 0.633. The third-order valence-electron chi connectivity index (χ3n) is 4.68. The van der Waals surface area contributed by atoms with Crippen molar-refractivity contribution < 1.29 is 4.79 Å². The van der Waals surface area contributed by atoms with Crippen LogP contribution in [0.15, 0.2) is 54.6 Å². The molecule has 2 aromatic carbocycles. The van der Waals surface area contributed by atoms with E-state index in [1.807, 2.05) is 44.4 Å². The van der Waals surface area contributed by atoms with Crippen LogP contribution in [0, 0.1) is 0 Å². The Morgan fingerprint density at radius 3 is 2.56 bits per heavy atom. The SMILES string of the molecule is CN(C)C(CNC(=O)CCCCc1nc2ccccc2s1)c1ccccc1. The summed E-state index contributed by atoms with van der Waals surface area (Å²) in [6, 6.07) is 18.7. The Bertz CT molecular complexity index is 827. The molecule has 3 rings (SSSR count). The van der Waals surface area contributed by atoms with Crippen molar-refractivity contribution >= 4 is 27.5 Å². The van der Waals surface area contributed by atoms with Gasteiger partial charge in [0.15, 0.2) is 0 Å². The van der Waals surface area contributed by atoms with E-state index in [0.29, 0.717) is 13.0 Å². The minimum absolute atomic E-state index is 0.127. The van der Waals surface area contributed by atoms with E-state index in [2.05, 4.69) is 39.5 Å². The molecule has 27 heavy (non-hydrogen) atoms. The van der Waals surface area contributed by atoms with Gasteiger partial charge in [0.2, 0.25) is 5.91 Å². The normalized spacial score (nSPS) is 12.4. The van der Waals surface area contributed by atoms with Gasteiger partial charge in [-0.3, -0.25) is 4.79 Å². The molecule has 142 valence electrons. The number of hydrogen-bond donors (Lipinski definition) is 1. The molecule has 0 aliphatic heterocycles. The van der Waals surface area contributed by atoms with Gasteiger partial charge in [0.25, 0.3) is 0 Å². The molecule has 0 saturated carbocycles. The molecule has 0 aliphatic rings. The number of carbonyl (C=O) groups excluding carboxylic acids is 1. The highest BCUT2D eigenvalue weighted by Gasteiger charge is 2.14. The van der Waals surface area contributed by atoms with Gasteiger partial charge in [-0.15, -0.1) is 11.3 Å². The topological polar surface area (TPSA) is 45.2 Å². The summed E-state index contributed by atoms with van der Waals surface area (Å²) in [4.78, 5) is 19.0. The average molecular weight is 382 g/mol. The van der Waals surface area contributed by atoms with Crippen molar-refractivity contribution in [2.75, 3.05) is 20.6 Å². The van der Waals surface area contributed by atoms with Crippen LogP contribution in [0.5, 0.6) is 0 Å². The highest BCUT2D eigenvalue weighted by atomic mass is 32.1. The first-order chi connectivity index (χ1) is 13.1. The highest BCUT2D eigenvalue weighted by Crippen LogP contribution is 2.23. The standard InChI is InChI=1S/C22H27N3OS/c1-25(2)19(17-10-4-3-5-11-17)16-23-21(26)14-8-9-15-22-24-18-12-6-7-13-20(18)27-22/h3-7,10-13,19H,8-9,14-16H2,1-2H3,(H,23,26). The van der Waals surface area contributed by atoms with Crippen molar-refractivity contribution in [3.8, 4) is 0 Å². The van der Waals surface area contributed by atoms with Crippen LogP contribution in [0.4, 0.5) is 0 Å². The molecule has 4 nitrogen and oxygen atoms in total. The van der Waals surface area contributed by atoms with E-state index >= 15 is 0 Å². The molecule has 0 bridgehead atoms. The molecule has 1 amide bonds. The quantitative estimate of drug-likeness (QED) is 0.558. The van der Waals surface area contributed by atoms with Crippen LogP contribution < -0.4 is 5.32 Å². The molecule has 0 radical (unpaired) electrons. The summed E-state index contributed by atoms with van der Waals surface area (Å²) in [5.41, 5.74) is 2.30. The Hall–Kier alpha value is -2.24. The van der Waals surface area contributed by atoms with Gasteiger partial charge >= 0.3 is 0 Å². The smallest absolute Gasteiger partial charge is 0.220 e. The predicted molar refractivity (Wildman–Crippen MR) is 113 cm³/mol. The number of carbonyl (C=O) groups is 1. The summed E-state index contributed by atoms with van der Waals surface area (Å²) in [5.74, 6) is 0.127. The van der Waals surface area contributed by atoms with E-state index in [1.54, 1.807) is 11.3 Å². The van der Waals surface area contributed by atoms with Crippen molar-refractivity contribution in [1.29, 1.82) is 0 Å². The van der Waals surface area contributed by atoms with Gasteiger partial charge in [-0.05, 0) is 51.1 Å². The van der Waals surface area contributed by atoms with Gasteiger partial charge in [-0.1, -0.05) is 42.5 Å². The second kappa shape index (κ2) is 9.62. The number of para-hydroxylation sites is 1. The van der Waals surface area contributed by atoms with Crippen LogP contribution >= 0.6 is 11.3 Å². The van der Waals surface area contributed by atoms with Crippen molar-refractivity contribution in [3.63, 3.8) is 0 Å². The molecule has 5 heteroatoms. The fourth-order valence-corrected chi connectivity index (χ4v) is 4.17. The number of rotatable bonds is 9. The maximum absolute atomic E-state index is 12.2. The summed E-state index contributed by atoms with van der Waals surface area (Å²) in [7, 11) is 4.09. The van der Waals surface area contributed by atoms with Gasteiger partial charge in [-0.2, -0.15) is 0 Å². The lowest BCUT2D eigenvalue weighted by Crippen LogP contribution is -2.34. The first-order valence-corrected chi connectivity index (χ1v) is 10.3. The van der Waals surface area contributed by atoms with Crippen molar-refractivity contribution in [1.82, 2.24) is 15.2 Å². The molecule has 3 aromatic rings. The van der Waals surface area contributed by atoms with Gasteiger partial charge < -0.3 is 10.2 Å². The van der Waals surface area contributed by atoms with Crippen molar-refractivity contribution in [2.24, 2.45) is 0 Å². The van der Waals surface area contributed by atoms with Crippen LogP contribution in [0.25, 0.3) is 10.2 Å². The Balaban J connectivity index is 1.40. The van der Waals surface area contributed by atoms with E-state index < -0.39 is 0 Å². The minimum atomic E-state index is 0.127. The number of nitrogens with one attached hydrogen (secondary N) is 1. The Morgan fingerprint density at radius 1 is 1.07 bits per heavy atom. The summed E-state index contributed by atoms with van der Waals surface area (Å²) >= 11 is 1.75. The molecule has 1 heterocycles. The number of thiazole rings is 1. The van der Waals surface area contributed by atoms with Gasteiger partial charge in [0, 0.05) is 13.0 Å². The Labute approximate surface area is 165 Å². The third kappa shape index (κ3) is 5.62. The number of fused-ring (bicyclic) bond motifs is 1. The van der Waals surface area contributed by atoms with E-state index in [-0.39, 0.29) is 11.9 Å². The maximum Gasteiger partial charge on any atom is 0.220 e. The zero-order chi connectivity index (χ0) is 19.1. The number of aromatic nitrogens is 1. The van der Waals surface area contributed by atoms with Crippen LogP contribution in [0.2, 0.25) is 0 Å². The van der Waals surface area contributed by atoms with Crippen molar-refractivity contribution in [2.45, 2.75) is 31.7 Å². The van der Waals surface area contributed by atoms with Crippen LogP contribution in [-0.4, -0.2) is 36.4 Å². The van der Waals surface area contributed by atoms with Gasteiger partial charge in [0.1, 0.15) is 0 Å². The highest BCUT2D eigenvalue weighted by molar-refractivity contribution is 7.18. The predicted octanol–water partition coefficient (Wildman–Crippen LogP) is 4.43. The minimum Gasteiger partial charge on any atom is -0.354 e. The summed E-state index contributed by atoms with van der Waals surface area (Å²) < 4.78 is 1.24. The monoisotopic (exact) mass is 381 g/mol. The van der Waals surface area contributed by atoms with Gasteiger partial charge in [-0.25, -0.2) is 4.98 Å². The molecule has 0 aliphatic carbocycles. The number of amides is 1. The molecular formula is C22H27N3OS. The molecular weight excluding hydrogens is 354 g/mol. The zero-order valence-electron chi connectivity index (χ0n) is 16.0. The second-order valence-electron chi connectivity index (χ2n) is 6.98. The lowest BCUT2D eigenvalue weighted by atomic mass is 10.1. The molecule has 1 N–H and O–H groups in total. The lowest BCUT2D eigenvalue weighted by Gasteiger charge is -2.25. The van der Waals surface area contributed by atoms with E-state index in [9.17, 15) is 4.79 Å². The maximum atomic E-state index is 12.2. The molecule has 0 spiro atoms. The summed E-state index contributed by atoms with van der Waals surface area (Å²) in [6.07, 6.45) is 3.39. The number of hydrogen-bond acceptors (Lipinski definition) is 4. The largest absolute Gasteiger partial charge is 0.354 e. The molecule has 1 unspecified atom stereocenters. The zero-order valence-corrected chi connectivity index (χ0v) is 16.8. The number of benzene rings is 2. The number of aryl methyl sites for hydroxylation is 1. The fraction of sp³-hybridized carbons (Fsp3) is 0.364. The molecule has 0 saturated heterocycles. The lowest BCUT2D eigenvalue weighted by molar-refractivity contribution is -0.121. The summed E-state index contributed by atoms with van der Waals surface area (Å²) in [5, 5.41) is 4.25. The Kier molecular flexibility index (Phi) is 6.96. The first kappa shape index (κ1) is 19.5. The van der Waals surface area contributed by atoms with E-state index in [0.717, 1.165) is 29.8 Å². The number of unbranched alkanes of at least 4 members (excludes halogenated alkanes) is 1. The molecule has 1 atom stereocenters. The average Bonchev–Trinajstić information content (AvgIpc) is 3.09. The molecule has 0 fully saturated rings. The van der Waals surface area contributed by atoms with E-state index in [4.69, 9.17) is 0 Å². The number of likely N-dealkylation sites (N-methyl/N-ethyl adjacent to an activating group) is 1. The van der Waals surface area contributed by atoms with Crippen molar-refractivity contribution in [3.05, 3.63) is 65.2 Å².